The van der Waals surface area contributed by atoms with Gasteiger partial charge in [-0.15, -0.1) is 0 Å². The minimum Gasteiger partial charge on any atom is -0.478 e. The van der Waals surface area contributed by atoms with Crippen molar-refractivity contribution in [3.63, 3.8) is 0 Å². The molecule has 10 heteroatoms. The minimum absolute atomic E-state index is 0.0448. The number of ether oxygens (including phenoxy) is 2. The summed E-state index contributed by atoms with van der Waals surface area (Å²) in [6, 6.07) is 19.3. The summed E-state index contributed by atoms with van der Waals surface area (Å²) in [6.45, 7) is 6.99. The van der Waals surface area contributed by atoms with Crippen LogP contribution in [-0.4, -0.2) is 38.8 Å². The number of aryl methyl sites for hydroxylation is 1. The molecule has 0 amide bonds. The van der Waals surface area contributed by atoms with Crippen molar-refractivity contribution in [1.82, 2.24) is 14.5 Å². The largest absolute Gasteiger partial charge is 0.478 e. The predicted molar refractivity (Wildman–Crippen MR) is 163 cm³/mol. The third-order valence-corrected chi connectivity index (χ3v) is 8.26. The van der Waals surface area contributed by atoms with E-state index < -0.39 is 17.6 Å². The lowest BCUT2D eigenvalue weighted by atomic mass is 9.87. The first kappa shape index (κ1) is 29.9. The second-order valence-corrected chi connectivity index (χ2v) is 11.9. The normalized spacial score (nSPS) is 15.7. The van der Waals surface area contributed by atoms with Crippen molar-refractivity contribution in [1.29, 1.82) is 5.26 Å². The monoisotopic (exact) mass is 608 g/mol. The molecule has 1 atom stereocenters. The molecule has 3 aromatic carbocycles. The van der Waals surface area contributed by atoms with Gasteiger partial charge in [0.25, 0.3) is 5.88 Å². The smallest absolute Gasteiger partial charge is 0.335 e. The summed E-state index contributed by atoms with van der Waals surface area (Å²) in [4.78, 5) is 20.9. The maximum Gasteiger partial charge on any atom is 0.335 e. The number of carboxylic acids is 1. The lowest BCUT2D eigenvalue weighted by molar-refractivity contribution is 0.0697. The Morgan fingerprint density at radius 2 is 1.87 bits per heavy atom. The number of imidazole rings is 1. The molecule has 6 rings (SSSR count). The number of carbonyl (C=O) groups is 1. The molecule has 45 heavy (non-hydrogen) atoms. The number of nitrogens with zero attached hydrogens (tertiary/aromatic N) is 4. The van der Waals surface area contributed by atoms with Gasteiger partial charge >= 0.3 is 5.97 Å². The molecule has 0 radical (unpaired) electrons. The number of benzene rings is 3. The Hall–Kier alpha value is -5.14. The van der Waals surface area contributed by atoms with Crippen LogP contribution in [0.25, 0.3) is 22.3 Å². The molecule has 1 saturated heterocycles. The van der Waals surface area contributed by atoms with Gasteiger partial charge in [-0.3, -0.25) is 0 Å². The van der Waals surface area contributed by atoms with Gasteiger partial charge in [-0.2, -0.15) is 5.26 Å². The quantitative estimate of drug-likeness (QED) is 0.202. The highest BCUT2D eigenvalue weighted by Gasteiger charge is 2.39. The number of nitriles is 1. The van der Waals surface area contributed by atoms with E-state index in [4.69, 9.17) is 19.7 Å². The van der Waals surface area contributed by atoms with E-state index in [0.717, 1.165) is 11.1 Å². The van der Waals surface area contributed by atoms with Gasteiger partial charge in [0.15, 0.2) is 5.82 Å². The Morgan fingerprint density at radius 3 is 2.56 bits per heavy atom. The fourth-order valence-corrected chi connectivity index (χ4v) is 5.75. The summed E-state index contributed by atoms with van der Waals surface area (Å²) in [7, 11) is 0. The van der Waals surface area contributed by atoms with E-state index in [-0.39, 0.29) is 35.9 Å². The van der Waals surface area contributed by atoms with Crippen LogP contribution in [0.5, 0.6) is 5.88 Å². The number of carboxylic acid groups (broad SMARTS) is 1. The first-order chi connectivity index (χ1) is 21.5. The SMILES string of the molecule is Cc1cc(Cc2nc3ccc(C(=O)O)cc3n2[C@@H]2COCC2(C)C)c(F)cc1-c1ccc(F)c(OCc2ccc(C#N)cc2)n1. The molecule has 0 aliphatic carbocycles. The summed E-state index contributed by atoms with van der Waals surface area (Å²) in [5.74, 6) is -1.78. The molecule has 2 aromatic heterocycles. The Bertz CT molecular complexity index is 1980. The topological polar surface area (TPSA) is 110 Å². The molecule has 3 heterocycles. The molecule has 1 N–H and O–H groups in total. The van der Waals surface area contributed by atoms with Crippen molar-refractivity contribution in [2.75, 3.05) is 13.2 Å². The number of hydrogen-bond acceptors (Lipinski definition) is 6. The number of rotatable bonds is 8. The van der Waals surface area contributed by atoms with Crippen LogP contribution in [0.4, 0.5) is 8.78 Å². The van der Waals surface area contributed by atoms with E-state index in [2.05, 4.69) is 18.8 Å². The molecule has 1 fully saturated rings. The highest BCUT2D eigenvalue weighted by atomic mass is 19.1. The van der Waals surface area contributed by atoms with Gasteiger partial charge in [0.05, 0.1) is 53.2 Å². The molecular weight excluding hydrogens is 578 g/mol. The molecule has 0 unspecified atom stereocenters. The average Bonchev–Trinajstić information content (AvgIpc) is 3.55. The molecule has 0 bridgehead atoms. The number of aromatic carboxylic acids is 1. The maximum absolute atomic E-state index is 15.8. The van der Waals surface area contributed by atoms with Crippen molar-refractivity contribution >= 4 is 17.0 Å². The summed E-state index contributed by atoms with van der Waals surface area (Å²) in [5.41, 5.74) is 4.39. The van der Waals surface area contributed by atoms with E-state index in [0.29, 0.717) is 52.5 Å². The van der Waals surface area contributed by atoms with Crippen molar-refractivity contribution < 1.29 is 28.2 Å². The minimum atomic E-state index is -1.04. The second kappa shape index (κ2) is 11.7. The van der Waals surface area contributed by atoms with Crippen LogP contribution in [0.3, 0.4) is 0 Å². The molecule has 0 saturated carbocycles. The summed E-state index contributed by atoms with van der Waals surface area (Å²) in [5, 5.41) is 18.6. The van der Waals surface area contributed by atoms with Crippen molar-refractivity contribution in [2.24, 2.45) is 5.41 Å². The molecule has 8 nitrogen and oxygen atoms in total. The Kier molecular flexibility index (Phi) is 7.81. The summed E-state index contributed by atoms with van der Waals surface area (Å²) in [6.07, 6.45) is 0.159. The first-order valence-corrected chi connectivity index (χ1v) is 14.4. The zero-order valence-corrected chi connectivity index (χ0v) is 25.0. The van der Waals surface area contributed by atoms with Crippen LogP contribution in [0.2, 0.25) is 0 Å². The lowest BCUT2D eigenvalue weighted by Gasteiger charge is -2.28. The lowest BCUT2D eigenvalue weighted by Crippen LogP contribution is -2.27. The Labute approximate surface area is 258 Å². The third kappa shape index (κ3) is 5.87. The van der Waals surface area contributed by atoms with Crippen molar-refractivity contribution in [3.8, 4) is 23.2 Å². The zero-order chi connectivity index (χ0) is 31.9. The molecule has 5 aromatic rings. The fourth-order valence-electron chi connectivity index (χ4n) is 5.75. The van der Waals surface area contributed by atoms with E-state index >= 15 is 4.39 Å². The van der Waals surface area contributed by atoms with E-state index in [9.17, 15) is 14.3 Å². The van der Waals surface area contributed by atoms with Crippen LogP contribution < -0.4 is 4.74 Å². The van der Waals surface area contributed by atoms with Gasteiger partial charge in [-0.25, -0.2) is 23.5 Å². The Balaban J connectivity index is 1.32. The third-order valence-electron chi connectivity index (χ3n) is 8.26. The fraction of sp³-hybridized carbons (Fsp3) is 0.257. The number of aromatic nitrogens is 3. The van der Waals surface area contributed by atoms with Gasteiger partial charge < -0.3 is 19.1 Å². The predicted octanol–water partition coefficient (Wildman–Crippen LogP) is 7.02. The second-order valence-electron chi connectivity index (χ2n) is 11.9. The van der Waals surface area contributed by atoms with Gasteiger partial charge in [-0.1, -0.05) is 32.0 Å². The van der Waals surface area contributed by atoms with Gasteiger partial charge in [0, 0.05) is 17.4 Å². The maximum atomic E-state index is 15.8. The van der Waals surface area contributed by atoms with Crippen molar-refractivity contribution in [2.45, 2.75) is 39.8 Å². The number of fused-ring (bicyclic) bond motifs is 1. The van der Waals surface area contributed by atoms with Crippen LogP contribution in [-0.2, 0) is 17.8 Å². The van der Waals surface area contributed by atoms with Crippen molar-refractivity contribution in [3.05, 3.63) is 112 Å². The molecule has 1 aliphatic rings. The van der Waals surface area contributed by atoms with Gasteiger partial charge in [-0.05, 0) is 72.1 Å². The van der Waals surface area contributed by atoms with Gasteiger partial charge in [0.2, 0.25) is 0 Å². The number of hydrogen-bond donors (Lipinski definition) is 1. The molecule has 0 spiro atoms. The number of pyridine rings is 1. The average molecular weight is 609 g/mol. The highest BCUT2D eigenvalue weighted by molar-refractivity contribution is 5.92. The summed E-state index contributed by atoms with van der Waals surface area (Å²) >= 11 is 0. The van der Waals surface area contributed by atoms with E-state index in [1.54, 1.807) is 42.5 Å². The zero-order valence-electron chi connectivity index (χ0n) is 25.0. The highest BCUT2D eigenvalue weighted by Crippen LogP contribution is 2.40. The standard InChI is InChI=1S/C35H30F2N4O4/c1-20-12-24(14-32-39-29-10-8-23(34(42)43)13-30(29)41(32)31-18-44-19-35(31,2)3)27(37)15-25(20)28-11-9-26(36)33(40-28)45-17-22-6-4-21(16-38)5-7-22/h4-13,15,31H,14,17-19H2,1-3H3,(H,42,43)/t31-/m1/s1. The molecular formula is C35H30F2N4O4. The Morgan fingerprint density at radius 1 is 1.09 bits per heavy atom. The first-order valence-electron chi connectivity index (χ1n) is 14.4. The van der Waals surface area contributed by atoms with Crippen LogP contribution in [0, 0.1) is 35.3 Å². The number of halogens is 2. The van der Waals surface area contributed by atoms with Crippen LogP contribution in [0.15, 0.2) is 66.7 Å². The van der Waals surface area contributed by atoms with E-state index in [1.165, 1.54) is 24.3 Å². The summed E-state index contributed by atoms with van der Waals surface area (Å²) < 4.78 is 43.9. The van der Waals surface area contributed by atoms with E-state index in [1.807, 2.05) is 17.6 Å². The molecule has 228 valence electrons. The van der Waals surface area contributed by atoms with Crippen LogP contribution >= 0.6 is 0 Å². The van der Waals surface area contributed by atoms with Crippen LogP contribution in [0.1, 0.15) is 58.3 Å². The van der Waals surface area contributed by atoms with Gasteiger partial charge in [0.1, 0.15) is 18.2 Å². The molecule has 1 aliphatic heterocycles.